The first kappa shape index (κ1) is 10.0. The molecule has 1 saturated carbocycles. The largest absolute Gasteiger partial charge is 0.504 e. The summed E-state index contributed by atoms with van der Waals surface area (Å²) in [5.41, 5.74) is 1.08. The van der Waals surface area contributed by atoms with Crippen LogP contribution in [0.5, 0.6) is 11.5 Å². The van der Waals surface area contributed by atoms with Gasteiger partial charge in [-0.25, -0.2) is 0 Å². The van der Waals surface area contributed by atoms with Crippen molar-refractivity contribution in [3.05, 3.63) is 23.8 Å². The van der Waals surface area contributed by atoms with Crippen LogP contribution in [0, 0.1) is 5.92 Å². The maximum atomic E-state index is 10.5. The van der Waals surface area contributed by atoms with Crippen LogP contribution >= 0.6 is 0 Å². The van der Waals surface area contributed by atoms with Crippen molar-refractivity contribution in [3.63, 3.8) is 0 Å². The molecular weight excluding hydrogens is 192 g/mol. The van der Waals surface area contributed by atoms with E-state index in [-0.39, 0.29) is 11.7 Å². The number of benzene rings is 1. The van der Waals surface area contributed by atoms with Crippen LogP contribution in [0.25, 0.3) is 0 Å². The highest BCUT2D eigenvalue weighted by Gasteiger charge is 2.38. The van der Waals surface area contributed by atoms with Crippen molar-refractivity contribution in [3.8, 4) is 11.5 Å². The Morgan fingerprint density at radius 3 is 3.00 bits per heavy atom. The first-order valence-electron chi connectivity index (χ1n) is 5.17. The molecule has 80 valence electrons. The van der Waals surface area contributed by atoms with Crippen molar-refractivity contribution in [1.82, 2.24) is 0 Å². The van der Waals surface area contributed by atoms with Crippen molar-refractivity contribution < 1.29 is 14.6 Å². The number of hydrogen-bond donors (Lipinski definition) is 1. The van der Waals surface area contributed by atoms with E-state index in [2.05, 4.69) is 0 Å². The highest BCUT2D eigenvalue weighted by atomic mass is 16.5. The van der Waals surface area contributed by atoms with Crippen LogP contribution in [0.4, 0.5) is 0 Å². The maximum absolute atomic E-state index is 10.5. The van der Waals surface area contributed by atoms with Gasteiger partial charge in [0.15, 0.2) is 11.5 Å². The Balaban J connectivity index is 2.19. The van der Waals surface area contributed by atoms with Gasteiger partial charge in [-0.05, 0) is 37.0 Å². The highest BCUT2D eigenvalue weighted by Crippen LogP contribution is 2.47. The van der Waals surface area contributed by atoms with Gasteiger partial charge in [-0.3, -0.25) is 0 Å². The summed E-state index contributed by atoms with van der Waals surface area (Å²) in [4.78, 5) is 10.5. The lowest BCUT2D eigenvalue weighted by Crippen LogP contribution is -1.93. The molecule has 2 atom stereocenters. The van der Waals surface area contributed by atoms with Gasteiger partial charge in [-0.2, -0.15) is 0 Å². The van der Waals surface area contributed by atoms with E-state index in [0.29, 0.717) is 18.3 Å². The molecule has 1 aromatic rings. The molecular formula is C12H14O3. The SMILES string of the molecule is CCOc1cc(C2CC2C=O)ccc1O. The first-order valence-corrected chi connectivity index (χ1v) is 5.17. The van der Waals surface area contributed by atoms with Crippen LogP contribution in [-0.2, 0) is 4.79 Å². The van der Waals surface area contributed by atoms with E-state index < -0.39 is 0 Å². The van der Waals surface area contributed by atoms with E-state index in [0.717, 1.165) is 18.3 Å². The second-order valence-corrected chi connectivity index (χ2v) is 3.80. The number of aldehydes is 1. The Hall–Kier alpha value is -1.51. The number of rotatable bonds is 4. The molecule has 0 aliphatic heterocycles. The lowest BCUT2D eigenvalue weighted by molar-refractivity contribution is -0.108. The zero-order valence-electron chi connectivity index (χ0n) is 8.64. The number of carbonyl (C=O) groups is 1. The molecule has 0 aromatic heterocycles. The Morgan fingerprint density at radius 1 is 1.60 bits per heavy atom. The summed E-state index contributed by atoms with van der Waals surface area (Å²) < 4.78 is 5.29. The minimum atomic E-state index is 0.156. The van der Waals surface area contributed by atoms with Crippen molar-refractivity contribution in [2.45, 2.75) is 19.3 Å². The number of carbonyl (C=O) groups excluding carboxylic acids is 1. The number of ether oxygens (including phenoxy) is 1. The third-order valence-electron chi connectivity index (χ3n) is 2.73. The van der Waals surface area contributed by atoms with Crippen LogP contribution in [0.1, 0.15) is 24.8 Å². The molecule has 0 radical (unpaired) electrons. The van der Waals surface area contributed by atoms with Crippen LogP contribution in [0.15, 0.2) is 18.2 Å². The summed E-state index contributed by atoms with van der Waals surface area (Å²) in [6.45, 7) is 2.40. The molecule has 1 fully saturated rings. The standard InChI is InChI=1S/C12H14O3/c1-2-15-12-6-8(3-4-11(12)14)10-5-9(10)7-13/h3-4,6-7,9-10,14H,2,5H2,1H3. The van der Waals surface area contributed by atoms with Crippen LogP contribution < -0.4 is 4.74 Å². The van der Waals surface area contributed by atoms with Crippen molar-refractivity contribution in [2.24, 2.45) is 5.92 Å². The predicted octanol–water partition coefficient (Wildman–Crippen LogP) is 2.09. The zero-order chi connectivity index (χ0) is 10.8. The summed E-state index contributed by atoms with van der Waals surface area (Å²) in [6.07, 6.45) is 1.91. The fraction of sp³-hybridized carbons (Fsp3) is 0.417. The summed E-state index contributed by atoms with van der Waals surface area (Å²) >= 11 is 0. The minimum absolute atomic E-state index is 0.156. The van der Waals surface area contributed by atoms with Crippen LogP contribution in [0.3, 0.4) is 0 Å². The molecule has 0 saturated heterocycles. The molecule has 0 amide bonds. The normalized spacial score (nSPS) is 23.5. The lowest BCUT2D eigenvalue weighted by atomic mass is 10.1. The molecule has 1 aromatic carbocycles. The van der Waals surface area contributed by atoms with Gasteiger partial charge in [0.1, 0.15) is 6.29 Å². The van der Waals surface area contributed by atoms with Crippen molar-refractivity contribution >= 4 is 6.29 Å². The molecule has 0 spiro atoms. The number of phenols is 1. The molecule has 1 aliphatic carbocycles. The van der Waals surface area contributed by atoms with E-state index in [1.807, 2.05) is 19.1 Å². The monoisotopic (exact) mass is 206 g/mol. The Labute approximate surface area is 88.7 Å². The van der Waals surface area contributed by atoms with E-state index in [1.54, 1.807) is 6.07 Å². The fourth-order valence-electron chi connectivity index (χ4n) is 1.78. The van der Waals surface area contributed by atoms with E-state index in [1.165, 1.54) is 0 Å². The molecule has 2 rings (SSSR count). The summed E-state index contributed by atoms with van der Waals surface area (Å²) in [5.74, 6) is 1.14. The highest BCUT2D eigenvalue weighted by molar-refractivity contribution is 5.62. The number of hydrogen-bond acceptors (Lipinski definition) is 3. The zero-order valence-corrected chi connectivity index (χ0v) is 8.64. The predicted molar refractivity (Wildman–Crippen MR) is 56.2 cm³/mol. The van der Waals surface area contributed by atoms with Gasteiger partial charge in [0.05, 0.1) is 6.61 Å². The van der Waals surface area contributed by atoms with Crippen LogP contribution in [0.2, 0.25) is 0 Å². The second kappa shape index (κ2) is 3.93. The summed E-state index contributed by atoms with van der Waals surface area (Å²) in [7, 11) is 0. The van der Waals surface area contributed by atoms with Gasteiger partial charge in [0.25, 0.3) is 0 Å². The van der Waals surface area contributed by atoms with Gasteiger partial charge < -0.3 is 14.6 Å². The quantitative estimate of drug-likeness (QED) is 0.767. The first-order chi connectivity index (χ1) is 7.26. The van der Waals surface area contributed by atoms with Gasteiger partial charge in [0.2, 0.25) is 0 Å². The number of phenolic OH excluding ortho intramolecular Hbond substituents is 1. The van der Waals surface area contributed by atoms with Gasteiger partial charge in [-0.15, -0.1) is 0 Å². The third kappa shape index (κ3) is 1.96. The van der Waals surface area contributed by atoms with Gasteiger partial charge in [0, 0.05) is 5.92 Å². The summed E-state index contributed by atoms with van der Waals surface area (Å²) in [5, 5.41) is 9.50. The minimum Gasteiger partial charge on any atom is -0.504 e. The van der Waals surface area contributed by atoms with Gasteiger partial charge in [-0.1, -0.05) is 6.07 Å². The number of aromatic hydroxyl groups is 1. The Kier molecular flexibility index (Phi) is 2.62. The van der Waals surface area contributed by atoms with E-state index in [9.17, 15) is 9.90 Å². The smallest absolute Gasteiger partial charge is 0.161 e. The van der Waals surface area contributed by atoms with Crippen molar-refractivity contribution in [1.29, 1.82) is 0 Å². The fourth-order valence-corrected chi connectivity index (χ4v) is 1.78. The average Bonchev–Trinajstić information content (AvgIpc) is 3.01. The third-order valence-corrected chi connectivity index (χ3v) is 2.73. The molecule has 3 heteroatoms. The topological polar surface area (TPSA) is 46.5 Å². The molecule has 2 unspecified atom stereocenters. The van der Waals surface area contributed by atoms with E-state index in [4.69, 9.17) is 4.74 Å². The molecule has 3 nitrogen and oxygen atoms in total. The van der Waals surface area contributed by atoms with E-state index >= 15 is 0 Å². The Bertz CT molecular complexity index is 373. The van der Waals surface area contributed by atoms with Crippen LogP contribution in [-0.4, -0.2) is 18.0 Å². The lowest BCUT2D eigenvalue weighted by Gasteiger charge is -2.07. The second-order valence-electron chi connectivity index (χ2n) is 3.80. The molecule has 0 heterocycles. The van der Waals surface area contributed by atoms with Crippen molar-refractivity contribution in [2.75, 3.05) is 6.61 Å². The molecule has 1 aliphatic rings. The van der Waals surface area contributed by atoms with Gasteiger partial charge >= 0.3 is 0 Å². The Morgan fingerprint density at radius 2 is 2.40 bits per heavy atom. The molecule has 0 bridgehead atoms. The average molecular weight is 206 g/mol. The summed E-state index contributed by atoms with van der Waals surface area (Å²) in [6, 6.07) is 5.31. The maximum Gasteiger partial charge on any atom is 0.161 e. The molecule has 15 heavy (non-hydrogen) atoms. The molecule has 1 N–H and O–H groups in total.